The van der Waals surface area contributed by atoms with Gasteiger partial charge in [-0.15, -0.1) is 0 Å². The highest BCUT2D eigenvalue weighted by Crippen LogP contribution is 2.26. The molecule has 0 aliphatic heterocycles. The summed E-state index contributed by atoms with van der Waals surface area (Å²) < 4.78 is 6.43. The lowest BCUT2D eigenvalue weighted by Gasteiger charge is -2.12. The van der Waals surface area contributed by atoms with Crippen LogP contribution in [-0.2, 0) is 4.74 Å². The Hall–Kier alpha value is -3.22. The van der Waals surface area contributed by atoms with E-state index in [1.807, 2.05) is 30.3 Å². The summed E-state index contributed by atoms with van der Waals surface area (Å²) >= 11 is 0. The minimum Gasteiger partial charge on any atom is -0.543 e. The number of carboxylic acid groups (broad SMARTS) is 1. The van der Waals surface area contributed by atoms with Crippen LogP contribution >= 0.6 is 0 Å². The van der Waals surface area contributed by atoms with E-state index in [1.54, 1.807) is 13.8 Å². The van der Waals surface area contributed by atoms with E-state index < -0.39 is 11.9 Å². The average Bonchev–Trinajstić information content (AvgIpc) is 3.00. The lowest BCUT2D eigenvalue weighted by atomic mass is 10.0. The second kappa shape index (κ2) is 6.11. The number of aromatic carboxylic acids is 1. The number of hydrogen-bond acceptors (Lipinski definition) is 6. The van der Waals surface area contributed by atoms with Gasteiger partial charge in [-0.3, -0.25) is 0 Å². The summed E-state index contributed by atoms with van der Waals surface area (Å²) in [6.07, 6.45) is 0. The van der Waals surface area contributed by atoms with E-state index in [4.69, 9.17) is 4.74 Å². The molecular weight excluding hydrogens is 310 g/mol. The zero-order valence-corrected chi connectivity index (χ0v) is 13.1. The highest BCUT2D eigenvalue weighted by Gasteiger charge is 2.22. The van der Waals surface area contributed by atoms with E-state index in [2.05, 4.69) is 10.1 Å². The molecule has 3 rings (SSSR count). The Morgan fingerprint density at radius 3 is 2.58 bits per heavy atom. The molecule has 7 nitrogen and oxygen atoms in total. The molecule has 0 atom stereocenters. The number of benzene rings is 1. The van der Waals surface area contributed by atoms with Crippen molar-refractivity contribution in [1.29, 1.82) is 0 Å². The largest absolute Gasteiger partial charge is 0.543 e. The number of aromatic nitrogens is 3. The summed E-state index contributed by atoms with van der Waals surface area (Å²) in [5, 5.41) is 15.0. The van der Waals surface area contributed by atoms with Gasteiger partial charge in [0.15, 0.2) is 5.65 Å². The Labute approximate surface area is 137 Å². The van der Waals surface area contributed by atoms with Crippen LogP contribution in [0, 0.1) is 6.92 Å². The molecule has 1 aromatic carbocycles. The van der Waals surface area contributed by atoms with Crippen LogP contribution in [0.15, 0.2) is 36.4 Å². The van der Waals surface area contributed by atoms with Gasteiger partial charge in [0.2, 0.25) is 0 Å². The fourth-order valence-corrected chi connectivity index (χ4v) is 2.50. The molecule has 0 aliphatic rings. The van der Waals surface area contributed by atoms with Gasteiger partial charge in [-0.1, -0.05) is 30.3 Å². The molecule has 3 aromatic rings. The van der Waals surface area contributed by atoms with Crippen molar-refractivity contribution in [2.24, 2.45) is 0 Å². The first kappa shape index (κ1) is 15.7. The Bertz CT molecular complexity index is 932. The number of hydrogen-bond donors (Lipinski definition) is 0. The SMILES string of the molecule is CCOC(=O)c1c(-c2ccccc2)nc2cc(C(=O)[O-])nn2c1C. The molecule has 7 heteroatoms. The maximum absolute atomic E-state index is 12.4. The number of aryl methyl sites for hydroxylation is 1. The van der Waals surface area contributed by atoms with Crippen LogP contribution < -0.4 is 5.11 Å². The summed E-state index contributed by atoms with van der Waals surface area (Å²) in [5.41, 5.74) is 1.92. The number of carbonyl (C=O) groups excluding carboxylic acids is 2. The molecule has 0 bridgehead atoms. The van der Waals surface area contributed by atoms with Crippen LogP contribution in [0.1, 0.15) is 33.5 Å². The van der Waals surface area contributed by atoms with E-state index in [1.165, 1.54) is 10.6 Å². The van der Waals surface area contributed by atoms with Crippen LogP contribution in [0.3, 0.4) is 0 Å². The smallest absolute Gasteiger partial charge is 0.342 e. The summed E-state index contributed by atoms with van der Waals surface area (Å²) in [5.74, 6) is -1.94. The predicted molar refractivity (Wildman–Crippen MR) is 83.4 cm³/mol. The van der Waals surface area contributed by atoms with Gasteiger partial charge in [-0.25, -0.2) is 14.3 Å². The van der Waals surface area contributed by atoms with Crippen molar-refractivity contribution >= 4 is 17.6 Å². The van der Waals surface area contributed by atoms with Crippen molar-refractivity contribution in [3.63, 3.8) is 0 Å². The van der Waals surface area contributed by atoms with Crippen molar-refractivity contribution in [3.8, 4) is 11.3 Å². The van der Waals surface area contributed by atoms with Crippen molar-refractivity contribution < 1.29 is 19.4 Å². The molecule has 0 saturated heterocycles. The molecule has 0 spiro atoms. The Balaban J connectivity index is 2.33. The van der Waals surface area contributed by atoms with Crippen LogP contribution in [0.2, 0.25) is 0 Å². The monoisotopic (exact) mass is 324 g/mol. The molecular formula is C17H14N3O4-. The molecule has 0 radical (unpaired) electrons. The number of esters is 1. The predicted octanol–water partition coefficient (Wildman–Crippen LogP) is 1.24. The number of ether oxygens (including phenoxy) is 1. The summed E-state index contributed by atoms with van der Waals surface area (Å²) in [6, 6.07) is 10.5. The molecule has 0 saturated carbocycles. The Kier molecular flexibility index (Phi) is 3.99. The molecule has 0 N–H and O–H groups in total. The first-order valence-electron chi connectivity index (χ1n) is 7.37. The van der Waals surface area contributed by atoms with Crippen molar-refractivity contribution in [2.75, 3.05) is 6.61 Å². The van der Waals surface area contributed by atoms with Gasteiger partial charge in [-0.2, -0.15) is 5.10 Å². The van der Waals surface area contributed by atoms with Crippen molar-refractivity contribution in [2.45, 2.75) is 13.8 Å². The lowest BCUT2D eigenvalue weighted by Crippen LogP contribution is -2.22. The van der Waals surface area contributed by atoms with E-state index in [9.17, 15) is 14.7 Å². The van der Waals surface area contributed by atoms with Gasteiger partial charge in [0.1, 0.15) is 11.3 Å². The van der Waals surface area contributed by atoms with E-state index in [0.29, 0.717) is 17.0 Å². The molecule has 2 heterocycles. The van der Waals surface area contributed by atoms with Crippen molar-refractivity contribution in [1.82, 2.24) is 14.6 Å². The summed E-state index contributed by atoms with van der Waals surface area (Å²) in [6.45, 7) is 3.59. The Morgan fingerprint density at radius 2 is 1.96 bits per heavy atom. The van der Waals surface area contributed by atoms with Crippen molar-refractivity contribution in [3.05, 3.63) is 53.3 Å². The highest BCUT2D eigenvalue weighted by molar-refractivity contribution is 5.98. The maximum Gasteiger partial charge on any atom is 0.342 e. The zero-order valence-electron chi connectivity index (χ0n) is 13.1. The standard InChI is InChI=1S/C17H15N3O4/c1-3-24-17(23)14-10(2)20-13(9-12(19-20)16(21)22)18-15(14)11-7-5-4-6-8-11/h4-9H,3H2,1-2H3,(H,21,22)/p-1. The third kappa shape index (κ3) is 2.60. The third-order valence-corrected chi connectivity index (χ3v) is 3.57. The minimum atomic E-state index is -1.40. The lowest BCUT2D eigenvalue weighted by molar-refractivity contribution is -0.255. The number of carbonyl (C=O) groups is 2. The summed E-state index contributed by atoms with van der Waals surface area (Å²) in [7, 11) is 0. The zero-order chi connectivity index (χ0) is 17.3. The first-order chi connectivity index (χ1) is 11.5. The van der Waals surface area contributed by atoms with E-state index >= 15 is 0 Å². The van der Waals surface area contributed by atoms with Gasteiger partial charge in [0.05, 0.1) is 24.0 Å². The summed E-state index contributed by atoms with van der Waals surface area (Å²) in [4.78, 5) is 27.9. The molecule has 0 amide bonds. The molecule has 24 heavy (non-hydrogen) atoms. The van der Waals surface area contributed by atoms with E-state index in [0.717, 1.165) is 5.56 Å². The molecule has 122 valence electrons. The average molecular weight is 324 g/mol. The molecule has 0 fully saturated rings. The topological polar surface area (TPSA) is 96.6 Å². The van der Waals surface area contributed by atoms with Gasteiger partial charge >= 0.3 is 5.97 Å². The number of rotatable bonds is 4. The number of nitrogens with zero attached hydrogens (tertiary/aromatic N) is 3. The second-order valence-electron chi connectivity index (χ2n) is 5.09. The third-order valence-electron chi connectivity index (χ3n) is 3.57. The Morgan fingerprint density at radius 1 is 1.25 bits per heavy atom. The van der Waals surface area contributed by atoms with Gasteiger partial charge in [0, 0.05) is 11.6 Å². The maximum atomic E-state index is 12.4. The minimum absolute atomic E-state index is 0.216. The van der Waals surface area contributed by atoms with Crippen LogP contribution in [0.25, 0.3) is 16.9 Å². The van der Waals surface area contributed by atoms with Gasteiger partial charge < -0.3 is 14.6 Å². The molecule has 2 aromatic heterocycles. The second-order valence-corrected chi connectivity index (χ2v) is 5.09. The van der Waals surface area contributed by atoms with Gasteiger partial charge in [-0.05, 0) is 13.8 Å². The van der Waals surface area contributed by atoms with Crippen LogP contribution in [0.4, 0.5) is 0 Å². The van der Waals surface area contributed by atoms with Crippen LogP contribution in [-0.4, -0.2) is 33.1 Å². The fourth-order valence-electron chi connectivity index (χ4n) is 2.50. The number of carboxylic acids is 1. The fraction of sp³-hybridized carbons (Fsp3) is 0.176. The van der Waals surface area contributed by atoms with Gasteiger partial charge in [0.25, 0.3) is 0 Å². The quantitative estimate of drug-likeness (QED) is 0.670. The first-order valence-corrected chi connectivity index (χ1v) is 7.37. The van der Waals surface area contributed by atoms with Crippen LogP contribution in [0.5, 0.6) is 0 Å². The highest BCUT2D eigenvalue weighted by atomic mass is 16.5. The molecule has 0 aliphatic carbocycles. The normalized spacial score (nSPS) is 10.8. The molecule has 0 unspecified atom stereocenters. The van der Waals surface area contributed by atoms with E-state index in [-0.39, 0.29) is 17.9 Å². The number of fused-ring (bicyclic) bond motifs is 1.